The predicted molar refractivity (Wildman–Crippen MR) is 94.0 cm³/mol. The van der Waals surface area contributed by atoms with Gasteiger partial charge in [0, 0.05) is 5.56 Å². The Morgan fingerprint density at radius 3 is 2.30 bits per heavy atom. The SMILES string of the molecule is COC(=O)c1ccccc1/C=C/c1ccc(OC)c(Br)c1OC. The van der Waals surface area contributed by atoms with Crippen molar-refractivity contribution in [2.24, 2.45) is 0 Å². The van der Waals surface area contributed by atoms with Crippen molar-refractivity contribution >= 4 is 34.1 Å². The maximum absolute atomic E-state index is 11.8. The van der Waals surface area contributed by atoms with Gasteiger partial charge < -0.3 is 14.2 Å². The molecule has 0 N–H and O–H groups in total. The van der Waals surface area contributed by atoms with Crippen LogP contribution in [0.3, 0.4) is 0 Å². The lowest BCUT2D eigenvalue weighted by Crippen LogP contribution is -2.03. The van der Waals surface area contributed by atoms with Crippen molar-refractivity contribution in [3.63, 3.8) is 0 Å². The quantitative estimate of drug-likeness (QED) is 0.572. The van der Waals surface area contributed by atoms with Gasteiger partial charge in [-0.05, 0) is 39.7 Å². The number of hydrogen-bond donors (Lipinski definition) is 0. The van der Waals surface area contributed by atoms with Crippen LogP contribution in [-0.4, -0.2) is 27.3 Å². The van der Waals surface area contributed by atoms with Gasteiger partial charge in [0.05, 0.1) is 26.9 Å². The highest BCUT2D eigenvalue weighted by molar-refractivity contribution is 9.10. The van der Waals surface area contributed by atoms with Gasteiger partial charge >= 0.3 is 5.97 Å². The molecule has 2 rings (SSSR count). The van der Waals surface area contributed by atoms with Gasteiger partial charge in [0.15, 0.2) is 0 Å². The number of esters is 1. The normalized spacial score (nSPS) is 10.6. The molecule has 0 heterocycles. The Labute approximate surface area is 143 Å². The summed E-state index contributed by atoms with van der Waals surface area (Å²) in [5.41, 5.74) is 2.14. The number of carbonyl (C=O) groups excluding carboxylic acids is 1. The third-order valence-electron chi connectivity index (χ3n) is 3.32. The Bertz CT molecular complexity index is 738. The molecule has 0 atom stereocenters. The summed E-state index contributed by atoms with van der Waals surface area (Å²) in [6.45, 7) is 0. The lowest BCUT2D eigenvalue weighted by atomic mass is 10.1. The smallest absolute Gasteiger partial charge is 0.338 e. The zero-order valence-electron chi connectivity index (χ0n) is 13.1. The van der Waals surface area contributed by atoms with Gasteiger partial charge in [-0.3, -0.25) is 0 Å². The van der Waals surface area contributed by atoms with E-state index in [0.717, 1.165) is 15.6 Å². The van der Waals surface area contributed by atoms with E-state index < -0.39 is 0 Å². The van der Waals surface area contributed by atoms with Gasteiger partial charge in [-0.2, -0.15) is 0 Å². The van der Waals surface area contributed by atoms with E-state index in [1.165, 1.54) is 7.11 Å². The molecule has 2 aromatic rings. The van der Waals surface area contributed by atoms with Crippen LogP contribution < -0.4 is 9.47 Å². The van der Waals surface area contributed by atoms with Crippen molar-refractivity contribution in [3.8, 4) is 11.5 Å². The summed E-state index contributed by atoms with van der Waals surface area (Å²) in [7, 11) is 4.56. The van der Waals surface area contributed by atoms with Crippen LogP contribution in [0.5, 0.6) is 11.5 Å². The third-order valence-corrected chi connectivity index (χ3v) is 4.08. The fourth-order valence-corrected chi connectivity index (χ4v) is 2.85. The molecule has 0 unspecified atom stereocenters. The molecule has 0 bridgehead atoms. The van der Waals surface area contributed by atoms with Gasteiger partial charge in [-0.25, -0.2) is 4.79 Å². The first-order valence-electron chi connectivity index (χ1n) is 6.88. The Morgan fingerprint density at radius 1 is 0.957 bits per heavy atom. The van der Waals surface area contributed by atoms with Crippen LogP contribution >= 0.6 is 15.9 Å². The van der Waals surface area contributed by atoms with Crippen LogP contribution in [0.15, 0.2) is 40.9 Å². The molecule has 0 aliphatic heterocycles. The summed E-state index contributed by atoms with van der Waals surface area (Å²) in [4.78, 5) is 11.8. The second-order valence-electron chi connectivity index (χ2n) is 4.62. The molecule has 0 saturated heterocycles. The highest BCUT2D eigenvalue weighted by Crippen LogP contribution is 2.38. The number of halogens is 1. The fourth-order valence-electron chi connectivity index (χ4n) is 2.17. The first-order valence-corrected chi connectivity index (χ1v) is 7.67. The standard InChI is InChI=1S/C18H17BrO4/c1-21-15-11-10-13(17(22-2)16(15)19)9-8-12-6-4-5-7-14(12)18(20)23-3/h4-11H,1-3H3/b9-8+. The maximum atomic E-state index is 11.8. The summed E-state index contributed by atoms with van der Waals surface area (Å²) < 4.78 is 16.2. The number of methoxy groups -OCH3 is 3. The molecule has 0 amide bonds. The number of rotatable bonds is 5. The van der Waals surface area contributed by atoms with Crippen molar-refractivity contribution in [1.82, 2.24) is 0 Å². The molecule has 0 fully saturated rings. The van der Waals surface area contributed by atoms with E-state index in [-0.39, 0.29) is 5.97 Å². The molecule has 0 aliphatic carbocycles. The van der Waals surface area contributed by atoms with Crippen LogP contribution in [-0.2, 0) is 4.74 Å². The largest absolute Gasteiger partial charge is 0.495 e. The number of hydrogen-bond acceptors (Lipinski definition) is 4. The zero-order valence-corrected chi connectivity index (χ0v) is 14.7. The van der Waals surface area contributed by atoms with E-state index in [0.29, 0.717) is 17.1 Å². The van der Waals surface area contributed by atoms with E-state index in [9.17, 15) is 4.79 Å². The van der Waals surface area contributed by atoms with E-state index in [2.05, 4.69) is 15.9 Å². The molecule has 5 heteroatoms. The molecular formula is C18H17BrO4. The van der Waals surface area contributed by atoms with Crippen molar-refractivity contribution < 1.29 is 19.0 Å². The average molecular weight is 377 g/mol. The van der Waals surface area contributed by atoms with Gasteiger partial charge in [0.25, 0.3) is 0 Å². The summed E-state index contributed by atoms with van der Waals surface area (Å²) >= 11 is 3.47. The number of ether oxygens (including phenoxy) is 3. The summed E-state index contributed by atoms with van der Waals surface area (Å²) in [6, 6.07) is 11.0. The Balaban J connectivity index is 2.42. The molecule has 23 heavy (non-hydrogen) atoms. The minimum absolute atomic E-state index is 0.367. The third kappa shape index (κ3) is 3.74. The van der Waals surface area contributed by atoms with Crippen LogP contribution in [0, 0.1) is 0 Å². The maximum Gasteiger partial charge on any atom is 0.338 e. The topological polar surface area (TPSA) is 44.8 Å². The van der Waals surface area contributed by atoms with E-state index in [4.69, 9.17) is 14.2 Å². The van der Waals surface area contributed by atoms with Crippen LogP contribution in [0.1, 0.15) is 21.5 Å². The van der Waals surface area contributed by atoms with Crippen LogP contribution in [0.4, 0.5) is 0 Å². The second-order valence-corrected chi connectivity index (χ2v) is 5.41. The molecule has 2 aromatic carbocycles. The molecule has 120 valence electrons. The van der Waals surface area contributed by atoms with Crippen LogP contribution in [0.25, 0.3) is 12.2 Å². The van der Waals surface area contributed by atoms with Gasteiger partial charge in [-0.1, -0.05) is 30.4 Å². The molecular weight excluding hydrogens is 360 g/mol. The molecule has 0 spiro atoms. The minimum Gasteiger partial charge on any atom is -0.495 e. The van der Waals surface area contributed by atoms with Gasteiger partial charge in [0.1, 0.15) is 16.0 Å². The average Bonchev–Trinajstić information content (AvgIpc) is 2.59. The van der Waals surface area contributed by atoms with Crippen molar-refractivity contribution in [2.75, 3.05) is 21.3 Å². The lowest BCUT2D eigenvalue weighted by Gasteiger charge is -2.11. The number of carbonyl (C=O) groups is 1. The van der Waals surface area contributed by atoms with Gasteiger partial charge in [-0.15, -0.1) is 0 Å². The molecule has 0 radical (unpaired) electrons. The zero-order chi connectivity index (χ0) is 16.8. The van der Waals surface area contributed by atoms with Gasteiger partial charge in [0.2, 0.25) is 0 Å². The highest BCUT2D eigenvalue weighted by atomic mass is 79.9. The van der Waals surface area contributed by atoms with E-state index in [1.807, 2.05) is 36.4 Å². The summed E-state index contributed by atoms with van der Waals surface area (Å²) in [5, 5.41) is 0. The number of benzene rings is 2. The molecule has 0 aromatic heterocycles. The predicted octanol–water partition coefficient (Wildman–Crippen LogP) is 4.42. The summed E-state index contributed by atoms with van der Waals surface area (Å²) in [5.74, 6) is 0.984. The Kier molecular flexibility index (Phi) is 5.82. The van der Waals surface area contributed by atoms with Crippen molar-refractivity contribution in [3.05, 3.63) is 57.6 Å². The van der Waals surface area contributed by atoms with Crippen molar-refractivity contribution in [1.29, 1.82) is 0 Å². The van der Waals surface area contributed by atoms with Crippen molar-refractivity contribution in [2.45, 2.75) is 0 Å². The second kappa shape index (κ2) is 7.83. The minimum atomic E-state index is -0.367. The molecule has 0 saturated carbocycles. The summed E-state index contributed by atoms with van der Waals surface area (Å²) in [6.07, 6.45) is 3.73. The first kappa shape index (κ1) is 17.1. The van der Waals surface area contributed by atoms with E-state index in [1.54, 1.807) is 26.4 Å². The molecule has 0 aliphatic rings. The Hall–Kier alpha value is -2.27. The van der Waals surface area contributed by atoms with E-state index >= 15 is 0 Å². The van der Waals surface area contributed by atoms with Crippen LogP contribution in [0.2, 0.25) is 0 Å². The molecule has 4 nitrogen and oxygen atoms in total. The Morgan fingerprint density at radius 2 is 1.65 bits per heavy atom. The monoisotopic (exact) mass is 376 g/mol. The highest BCUT2D eigenvalue weighted by Gasteiger charge is 2.12. The first-order chi connectivity index (χ1) is 11.1. The fraction of sp³-hybridized carbons (Fsp3) is 0.167. The lowest BCUT2D eigenvalue weighted by molar-refractivity contribution is 0.0600.